The molecule has 2 heterocycles. The zero-order valence-electron chi connectivity index (χ0n) is 14.4. The fourth-order valence-corrected chi connectivity index (χ4v) is 4.72. The van der Waals surface area contributed by atoms with Crippen LogP contribution in [0.1, 0.15) is 43.7 Å². The molecule has 3 unspecified atom stereocenters. The summed E-state index contributed by atoms with van der Waals surface area (Å²) in [6, 6.07) is 8.19. The largest absolute Gasteiger partial charge is 0.355 e. The van der Waals surface area contributed by atoms with Gasteiger partial charge in [-0.2, -0.15) is 0 Å². The Balaban J connectivity index is 1.37. The summed E-state index contributed by atoms with van der Waals surface area (Å²) in [5.74, 6) is 0.880. The average molecular weight is 357 g/mol. The maximum Gasteiger partial charge on any atom is 0.224 e. The maximum absolute atomic E-state index is 12.6. The number of nitrogens with one attached hydrogen (secondary N) is 1. The van der Waals surface area contributed by atoms with Gasteiger partial charge in [0.25, 0.3) is 0 Å². The summed E-state index contributed by atoms with van der Waals surface area (Å²) in [6.07, 6.45) is 3.33. The van der Waals surface area contributed by atoms with E-state index < -0.39 is 0 Å². The van der Waals surface area contributed by atoms with E-state index in [-0.39, 0.29) is 23.8 Å². The fraction of sp³-hybridized carbons (Fsp3) is 0.526. The van der Waals surface area contributed by atoms with Crippen LogP contribution in [0.4, 0.5) is 0 Å². The molecule has 132 valence electrons. The van der Waals surface area contributed by atoms with Crippen LogP contribution >= 0.6 is 11.3 Å². The van der Waals surface area contributed by atoms with Crippen LogP contribution < -0.4 is 5.32 Å². The van der Waals surface area contributed by atoms with Crippen molar-refractivity contribution in [3.05, 3.63) is 29.3 Å². The quantitative estimate of drug-likeness (QED) is 0.894. The Kier molecular flexibility index (Phi) is 4.46. The number of amides is 2. The summed E-state index contributed by atoms with van der Waals surface area (Å²) >= 11 is 1.68. The number of hydrogen-bond acceptors (Lipinski definition) is 4. The smallest absolute Gasteiger partial charge is 0.224 e. The molecule has 1 N–H and O–H groups in total. The lowest BCUT2D eigenvalue weighted by atomic mass is 10.2. The van der Waals surface area contributed by atoms with Crippen LogP contribution in [0.25, 0.3) is 10.2 Å². The normalized spacial score (nSPS) is 25.3. The molecule has 0 radical (unpaired) electrons. The van der Waals surface area contributed by atoms with Gasteiger partial charge in [-0.3, -0.25) is 9.59 Å². The molecule has 2 fully saturated rings. The number of carbonyl (C=O) groups is 2. The van der Waals surface area contributed by atoms with Crippen LogP contribution in [0.2, 0.25) is 0 Å². The first-order valence-corrected chi connectivity index (χ1v) is 9.88. The van der Waals surface area contributed by atoms with Crippen LogP contribution in [0, 0.1) is 11.8 Å². The molecule has 4 rings (SSSR count). The molecule has 0 bridgehead atoms. The monoisotopic (exact) mass is 357 g/mol. The first-order valence-electron chi connectivity index (χ1n) is 9.06. The lowest BCUT2D eigenvalue weighted by Crippen LogP contribution is -2.34. The van der Waals surface area contributed by atoms with Gasteiger partial charge in [0.1, 0.15) is 5.01 Å². The van der Waals surface area contributed by atoms with Gasteiger partial charge in [0.2, 0.25) is 11.8 Å². The SMILES string of the molecule is CC1CC1C(=O)NCCC(=O)N1CCCC1c1nc2ccccc2s1. The molecule has 6 heteroatoms. The fourth-order valence-electron chi connectivity index (χ4n) is 3.61. The van der Waals surface area contributed by atoms with Crippen LogP contribution in [-0.4, -0.2) is 34.8 Å². The Hall–Kier alpha value is -1.95. The summed E-state index contributed by atoms with van der Waals surface area (Å²) in [6.45, 7) is 3.30. The first-order chi connectivity index (χ1) is 12.1. The van der Waals surface area contributed by atoms with Crippen molar-refractivity contribution in [3.8, 4) is 0 Å². The number of fused-ring (bicyclic) bond motifs is 1. The molecule has 2 amide bonds. The minimum absolute atomic E-state index is 0.0871. The average Bonchev–Trinajstić information content (AvgIpc) is 3.04. The van der Waals surface area contributed by atoms with Crippen LogP contribution in [0.15, 0.2) is 24.3 Å². The highest BCUT2D eigenvalue weighted by Gasteiger charge is 2.39. The number of thiazole rings is 1. The van der Waals surface area contributed by atoms with Crippen molar-refractivity contribution in [3.63, 3.8) is 0 Å². The summed E-state index contributed by atoms with van der Waals surface area (Å²) in [5.41, 5.74) is 1.01. The highest BCUT2D eigenvalue weighted by atomic mass is 32.1. The van der Waals surface area contributed by atoms with Crippen LogP contribution in [0.3, 0.4) is 0 Å². The molecule has 3 atom stereocenters. The summed E-state index contributed by atoms with van der Waals surface area (Å²) in [7, 11) is 0. The molecule has 2 aromatic rings. The minimum atomic E-state index is 0.0871. The van der Waals surface area contributed by atoms with E-state index in [1.54, 1.807) is 11.3 Å². The van der Waals surface area contributed by atoms with E-state index in [1.807, 2.05) is 23.1 Å². The highest BCUT2D eigenvalue weighted by molar-refractivity contribution is 7.18. The van der Waals surface area contributed by atoms with E-state index in [9.17, 15) is 9.59 Å². The summed E-state index contributed by atoms with van der Waals surface area (Å²) < 4.78 is 1.17. The van der Waals surface area contributed by atoms with Gasteiger partial charge in [0, 0.05) is 25.4 Å². The topological polar surface area (TPSA) is 62.3 Å². The third-order valence-electron chi connectivity index (χ3n) is 5.25. The third-order valence-corrected chi connectivity index (χ3v) is 6.39. The van der Waals surface area contributed by atoms with E-state index in [2.05, 4.69) is 18.3 Å². The van der Waals surface area contributed by atoms with Gasteiger partial charge in [-0.15, -0.1) is 11.3 Å². The molecule has 25 heavy (non-hydrogen) atoms. The van der Waals surface area contributed by atoms with Gasteiger partial charge in [-0.25, -0.2) is 4.98 Å². The lowest BCUT2D eigenvalue weighted by molar-refractivity contribution is -0.132. The molecule has 0 spiro atoms. The Morgan fingerprint density at radius 3 is 2.92 bits per heavy atom. The predicted molar refractivity (Wildman–Crippen MR) is 98.2 cm³/mol. The van der Waals surface area contributed by atoms with Crippen LogP contribution in [-0.2, 0) is 9.59 Å². The molecular formula is C19H23N3O2S. The van der Waals surface area contributed by atoms with E-state index in [1.165, 1.54) is 4.70 Å². The van der Waals surface area contributed by atoms with Crippen molar-refractivity contribution in [1.82, 2.24) is 15.2 Å². The van der Waals surface area contributed by atoms with E-state index >= 15 is 0 Å². The van der Waals surface area contributed by atoms with Gasteiger partial charge in [-0.1, -0.05) is 19.1 Å². The maximum atomic E-state index is 12.6. The van der Waals surface area contributed by atoms with E-state index in [4.69, 9.17) is 4.98 Å². The van der Waals surface area contributed by atoms with Crippen molar-refractivity contribution in [2.24, 2.45) is 11.8 Å². The predicted octanol–water partition coefficient (Wildman–Crippen LogP) is 3.12. The lowest BCUT2D eigenvalue weighted by Gasteiger charge is -2.23. The molecular weight excluding hydrogens is 334 g/mol. The Bertz CT molecular complexity index is 770. The Morgan fingerprint density at radius 2 is 2.16 bits per heavy atom. The van der Waals surface area contributed by atoms with Crippen molar-refractivity contribution in [2.75, 3.05) is 13.1 Å². The number of likely N-dealkylation sites (tertiary alicyclic amines) is 1. The molecule has 1 aromatic carbocycles. The van der Waals surface area contributed by atoms with Crippen molar-refractivity contribution in [1.29, 1.82) is 0 Å². The second-order valence-electron chi connectivity index (χ2n) is 7.13. The number of carbonyl (C=O) groups excluding carboxylic acids is 2. The van der Waals surface area contributed by atoms with Crippen molar-refractivity contribution in [2.45, 2.75) is 38.6 Å². The third kappa shape index (κ3) is 3.40. The van der Waals surface area contributed by atoms with Gasteiger partial charge in [0.15, 0.2) is 0 Å². The zero-order valence-corrected chi connectivity index (χ0v) is 15.2. The van der Waals surface area contributed by atoms with Crippen LogP contribution in [0.5, 0.6) is 0 Å². The number of para-hydroxylation sites is 1. The van der Waals surface area contributed by atoms with Crippen molar-refractivity contribution >= 4 is 33.4 Å². The van der Waals surface area contributed by atoms with Gasteiger partial charge in [0.05, 0.1) is 16.3 Å². The Morgan fingerprint density at radius 1 is 1.36 bits per heavy atom. The number of rotatable bonds is 5. The standard InChI is InChI=1S/C19H23N3O2S/c1-12-11-13(12)18(24)20-9-8-17(23)22-10-4-6-15(22)19-21-14-5-2-3-7-16(14)25-19/h2-3,5,7,12-13,15H,4,6,8-11H2,1H3,(H,20,24). The molecule has 1 saturated heterocycles. The molecule has 5 nitrogen and oxygen atoms in total. The minimum Gasteiger partial charge on any atom is -0.355 e. The molecule has 1 aliphatic carbocycles. The highest BCUT2D eigenvalue weighted by Crippen LogP contribution is 2.38. The second-order valence-corrected chi connectivity index (χ2v) is 8.19. The van der Waals surface area contributed by atoms with Crippen molar-refractivity contribution < 1.29 is 9.59 Å². The zero-order chi connectivity index (χ0) is 17.4. The molecule has 1 aliphatic heterocycles. The molecule has 2 aliphatic rings. The Labute approximate surface area is 151 Å². The molecule has 1 saturated carbocycles. The second kappa shape index (κ2) is 6.75. The number of benzene rings is 1. The van der Waals surface area contributed by atoms with Gasteiger partial charge >= 0.3 is 0 Å². The number of aromatic nitrogens is 1. The van der Waals surface area contributed by atoms with Gasteiger partial charge in [-0.05, 0) is 37.3 Å². The van der Waals surface area contributed by atoms with E-state index in [0.717, 1.165) is 36.3 Å². The molecule has 1 aromatic heterocycles. The summed E-state index contributed by atoms with van der Waals surface area (Å²) in [5, 5.41) is 3.94. The van der Waals surface area contributed by atoms with E-state index in [0.29, 0.717) is 18.9 Å². The first kappa shape index (κ1) is 16.5. The van der Waals surface area contributed by atoms with Gasteiger partial charge < -0.3 is 10.2 Å². The number of nitrogens with zero attached hydrogens (tertiary/aromatic N) is 2. The number of hydrogen-bond donors (Lipinski definition) is 1. The summed E-state index contributed by atoms with van der Waals surface area (Å²) in [4.78, 5) is 31.2.